The molecule has 0 aliphatic rings. The molecule has 0 heterocycles. The maximum atomic E-state index is 12.5. The molecule has 0 unspecified atom stereocenters. The number of nitrogens with one attached hydrogen (secondary N) is 1. The summed E-state index contributed by atoms with van der Waals surface area (Å²) in [6.07, 6.45) is 1.62. The van der Waals surface area contributed by atoms with Gasteiger partial charge in [-0.25, -0.2) is 0 Å². The number of carbonyl (C=O) groups excluding carboxylic acids is 2. The molecule has 21 heavy (non-hydrogen) atoms. The van der Waals surface area contributed by atoms with Crippen molar-refractivity contribution in [3.63, 3.8) is 0 Å². The molecule has 0 aliphatic heterocycles. The van der Waals surface area contributed by atoms with Gasteiger partial charge in [-0.15, -0.1) is 0 Å². The van der Waals surface area contributed by atoms with Crippen LogP contribution >= 0.6 is 11.6 Å². The summed E-state index contributed by atoms with van der Waals surface area (Å²) in [5.74, 6) is -0.413. The Kier molecular flexibility index (Phi) is 7.02. The van der Waals surface area contributed by atoms with Crippen LogP contribution in [0.2, 0.25) is 5.02 Å². The second-order valence-corrected chi connectivity index (χ2v) is 5.24. The van der Waals surface area contributed by atoms with Gasteiger partial charge in [0.25, 0.3) is 5.91 Å². The first-order valence-electron chi connectivity index (χ1n) is 7.10. The summed E-state index contributed by atoms with van der Waals surface area (Å²) in [6.45, 7) is 5.07. The Labute approximate surface area is 130 Å². The third kappa shape index (κ3) is 5.27. The van der Waals surface area contributed by atoms with E-state index in [0.29, 0.717) is 29.4 Å². The minimum Gasteiger partial charge on any atom is -0.398 e. The highest BCUT2D eigenvalue weighted by Crippen LogP contribution is 2.19. The Morgan fingerprint density at radius 3 is 2.57 bits per heavy atom. The predicted molar refractivity (Wildman–Crippen MR) is 85.4 cm³/mol. The third-order valence-corrected chi connectivity index (χ3v) is 3.17. The molecule has 116 valence electrons. The SMILES string of the molecule is CCCNC(=O)CN(CCC)C(=O)c1ccc(Cl)cc1N. The molecule has 0 atom stereocenters. The standard InChI is InChI=1S/C15H22ClN3O2/c1-3-7-18-14(20)10-19(8-4-2)15(21)12-6-5-11(16)9-13(12)17/h5-6,9H,3-4,7-8,10,17H2,1-2H3,(H,18,20). The van der Waals surface area contributed by atoms with E-state index in [1.165, 1.54) is 11.0 Å². The summed E-state index contributed by atoms with van der Waals surface area (Å²) in [7, 11) is 0. The first-order valence-corrected chi connectivity index (χ1v) is 7.48. The van der Waals surface area contributed by atoms with E-state index in [-0.39, 0.29) is 18.4 Å². The fourth-order valence-corrected chi connectivity index (χ4v) is 2.10. The molecule has 0 saturated heterocycles. The van der Waals surface area contributed by atoms with Crippen LogP contribution in [0.3, 0.4) is 0 Å². The van der Waals surface area contributed by atoms with Crippen molar-refractivity contribution < 1.29 is 9.59 Å². The van der Waals surface area contributed by atoms with Crippen LogP contribution < -0.4 is 11.1 Å². The molecule has 6 heteroatoms. The number of hydrogen-bond acceptors (Lipinski definition) is 3. The normalized spacial score (nSPS) is 10.2. The number of halogens is 1. The topological polar surface area (TPSA) is 75.4 Å². The maximum absolute atomic E-state index is 12.5. The Morgan fingerprint density at radius 1 is 1.29 bits per heavy atom. The first kappa shape index (κ1) is 17.3. The van der Waals surface area contributed by atoms with Crippen molar-refractivity contribution in [3.05, 3.63) is 28.8 Å². The monoisotopic (exact) mass is 311 g/mol. The van der Waals surface area contributed by atoms with Crippen molar-refractivity contribution in [2.45, 2.75) is 26.7 Å². The van der Waals surface area contributed by atoms with Crippen LogP contribution in [0.4, 0.5) is 5.69 Å². The van der Waals surface area contributed by atoms with Crippen molar-refractivity contribution in [2.24, 2.45) is 0 Å². The van der Waals surface area contributed by atoms with Crippen LogP contribution in [0.25, 0.3) is 0 Å². The second-order valence-electron chi connectivity index (χ2n) is 4.81. The van der Waals surface area contributed by atoms with Crippen molar-refractivity contribution in [1.29, 1.82) is 0 Å². The Morgan fingerprint density at radius 2 is 2.00 bits per heavy atom. The molecule has 0 saturated carbocycles. The minimum absolute atomic E-state index is 0.0364. The number of hydrogen-bond donors (Lipinski definition) is 2. The quantitative estimate of drug-likeness (QED) is 0.759. The van der Waals surface area contributed by atoms with E-state index in [1.54, 1.807) is 12.1 Å². The smallest absolute Gasteiger partial charge is 0.256 e. The number of rotatable bonds is 7. The Hall–Kier alpha value is -1.75. The van der Waals surface area contributed by atoms with Gasteiger partial charge in [0.2, 0.25) is 5.91 Å². The van der Waals surface area contributed by atoms with Crippen LogP contribution in [0.1, 0.15) is 37.0 Å². The molecule has 0 aliphatic carbocycles. The van der Waals surface area contributed by atoms with E-state index in [9.17, 15) is 9.59 Å². The van der Waals surface area contributed by atoms with Crippen molar-refractivity contribution >= 4 is 29.1 Å². The molecule has 0 fully saturated rings. The zero-order valence-corrected chi connectivity index (χ0v) is 13.2. The summed E-state index contributed by atoms with van der Waals surface area (Å²) in [4.78, 5) is 25.8. The molecule has 0 bridgehead atoms. The van der Waals surface area contributed by atoms with Gasteiger partial charge in [0, 0.05) is 23.8 Å². The summed E-state index contributed by atoms with van der Waals surface area (Å²) >= 11 is 5.83. The minimum atomic E-state index is -0.252. The van der Waals surface area contributed by atoms with E-state index in [1.807, 2.05) is 13.8 Å². The number of carbonyl (C=O) groups is 2. The van der Waals surface area contributed by atoms with Gasteiger partial charge in [0.1, 0.15) is 0 Å². The maximum Gasteiger partial charge on any atom is 0.256 e. The fraction of sp³-hybridized carbons (Fsp3) is 0.467. The number of benzene rings is 1. The molecule has 1 rings (SSSR count). The number of nitrogens with zero attached hydrogens (tertiary/aromatic N) is 1. The van der Waals surface area contributed by atoms with Gasteiger partial charge in [-0.05, 0) is 31.0 Å². The highest BCUT2D eigenvalue weighted by atomic mass is 35.5. The molecule has 0 radical (unpaired) electrons. The fourth-order valence-electron chi connectivity index (χ4n) is 1.91. The summed E-state index contributed by atoms with van der Waals surface area (Å²) in [5.41, 5.74) is 6.53. The van der Waals surface area contributed by atoms with Gasteiger partial charge in [-0.1, -0.05) is 25.4 Å². The van der Waals surface area contributed by atoms with E-state index in [2.05, 4.69) is 5.32 Å². The van der Waals surface area contributed by atoms with E-state index < -0.39 is 0 Å². The van der Waals surface area contributed by atoms with Gasteiger partial charge in [-0.2, -0.15) is 0 Å². The summed E-state index contributed by atoms with van der Waals surface area (Å²) in [5, 5.41) is 3.24. The zero-order chi connectivity index (χ0) is 15.8. The largest absolute Gasteiger partial charge is 0.398 e. The van der Waals surface area contributed by atoms with Gasteiger partial charge < -0.3 is 16.0 Å². The highest BCUT2D eigenvalue weighted by Gasteiger charge is 2.20. The zero-order valence-electron chi connectivity index (χ0n) is 12.5. The Balaban J connectivity index is 2.83. The van der Waals surface area contributed by atoms with E-state index >= 15 is 0 Å². The van der Waals surface area contributed by atoms with Gasteiger partial charge in [0.15, 0.2) is 0 Å². The first-order chi connectivity index (χ1) is 9.99. The molecule has 2 amide bonds. The number of nitrogen functional groups attached to an aromatic ring is 1. The van der Waals surface area contributed by atoms with Crippen LogP contribution in [-0.2, 0) is 4.79 Å². The van der Waals surface area contributed by atoms with E-state index in [4.69, 9.17) is 17.3 Å². The highest BCUT2D eigenvalue weighted by molar-refractivity contribution is 6.31. The van der Waals surface area contributed by atoms with Crippen LogP contribution in [-0.4, -0.2) is 36.3 Å². The molecule has 3 N–H and O–H groups in total. The van der Waals surface area contributed by atoms with Crippen molar-refractivity contribution in [1.82, 2.24) is 10.2 Å². The van der Waals surface area contributed by atoms with Crippen molar-refractivity contribution in [2.75, 3.05) is 25.4 Å². The lowest BCUT2D eigenvalue weighted by Gasteiger charge is -2.22. The average molecular weight is 312 g/mol. The lowest BCUT2D eigenvalue weighted by Crippen LogP contribution is -2.41. The lowest BCUT2D eigenvalue weighted by atomic mass is 10.1. The lowest BCUT2D eigenvalue weighted by molar-refractivity contribution is -0.121. The number of amides is 2. The second kappa shape index (κ2) is 8.52. The molecule has 0 spiro atoms. The molecular formula is C15H22ClN3O2. The van der Waals surface area contributed by atoms with Gasteiger partial charge in [0.05, 0.1) is 12.1 Å². The number of nitrogens with two attached hydrogens (primary N) is 1. The molecule has 1 aromatic carbocycles. The third-order valence-electron chi connectivity index (χ3n) is 2.93. The predicted octanol–water partition coefficient (Wildman–Crippen LogP) is 2.30. The van der Waals surface area contributed by atoms with Crippen LogP contribution in [0, 0.1) is 0 Å². The molecular weight excluding hydrogens is 290 g/mol. The number of anilines is 1. The Bertz CT molecular complexity index is 506. The summed E-state index contributed by atoms with van der Waals surface area (Å²) < 4.78 is 0. The molecule has 5 nitrogen and oxygen atoms in total. The average Bonchev–Trinajstić information content (AvgIpc) is 2.44. The van der Waals surface area contributed by atoms with E-state index in [0.717, 1.165) is 12.8 Å². The van der Waals surface area contributed by atoms with Crippen LogP contribution in [0.5, 0.6) is 0 Å². The molecule has 1 aromatic rings. The molecule has 0 aromatic heterocycles. The van der Waals surface area contributed by atoms with Crippen molar-refractivity contribution in [3.8, 4) is 0 Å². The summed E-state index contributed by atoms with van der Waals surface area (Å²) in [6, 6.07) is 4.75. The van der Waals surface area contributed by atoms with Gasteiger partial charge >= 0.3 is 0 Å². The van der Waals surface area contributed by atoms with Crippen LogP contribution in [0.15, 0.2) is 18.2 Å². The van der Waals surface area contributed by atoms with Gasteiger partial charge in [-0.3, -0.25) is 9.59 Å².